The minimum absolute atomic E-state index is 0.133. The molecule has 4 nitrogen and oxygen atoms in total. The van der Waals surface area contributed by atoms with Gasteiger partial charge in [0.15, 0.2) is 0 Å². The Hall–Kier alpha value is -0.350. The van der Waals surface area contributed by atoms with Crippen molar-refractivity contribution in [1.82, 2.24) is 0 Å². The molecule has 1 aromatic rings. The molecule has 0 aliphatic carbocycles. The Labute approximate surface area is 152 Å². The van der Waals surface area contributed by atoms with E-state index in [0.29, 0.717) is 10.6 Å². The number of nitrogens with zero attached hydrogens (tertiary/aromatic N) is 1. The van der Waals surface area contributed by atoms with E-state index in [1.54, 1.807) is 44.2 Å². The van der Waals surface area contributed by atoms with Crippen LogP contribution in [0.3, 0.4) is 0 Å². The predicted octanol–water partition coefficient (Wildman–Crippen LogP) is 5.71. The third-order valence-electron chi connectivity index (χ3n) is 2.72. The minimum Gasteiger partial charge on any atom is -0.306 e. The third-order valence-corrected chi connectivity index (χ3v) is 6.67. The van der Waals surface area contributed by atoms with Gasteiger partial charge >= 0.3 is 7.60 Å². The topological polar surface area (TPSA) is 47.9 Å². The standard InChI is InChI=1S/C15H19Cl3NO3P/c1-4-11-19-14(12-7-9-13(16)10-8-12)15(17,18)23(20,21-5-2)22-6-3/h4,7-10H,1,5-6,11H2,2-3H3. The smallest absolute Gasteiger partial charge is 0.306 e. The highest BCUT2D eigenvalue weighted by Gasteiger charge is 2.53. The molecule has 0 unspecified atom stereocenters. The first-order valence-electron chi connectivity index (χ1n) is 7.01. The molecule has 8 heteroatoms. The second-order valence-corrected chi connectivity index (χ2v) is 8.83. The molecule has 0 N–H and O–H groups in total. The number of hydrogen-bond acceptors (Lipinski definition) is 4. The zero-order chi connectivity index (χ0) is 17.5. The molecule has 0 radical (unpaired) electrons. The van der Waals surface area contributed by atoms with E-state index in [1.807, 2.05) is 0 Å². The fraction of sp³-hybridized carbons (Fsp3) is 0.400. The lowest BCUT2D eigenvalue weighted by Crippen LogP contribution is -2.30. The fourth-order valence-electron chi connectivity index (χ4n) is 1.79. The Kier molecular flexibility index (Phi) is 8.29. The molecule has 0 atom stereocenters. The maximum atomic E-state index is 13.0. The average Bonchev–Trinajstić information content (AvgIpc) is 2.49. The van der Waals surface area contributed by atoms with Gasteiger partial charge < -0.3 is 9.05 Å². The number of halogens is 3. The molecular weight excluding hydrogens is 380 g/mol. The molecule has 0 aliphatic heterocycles. The summed E-state index contributed by atoms with van der Waals surface area (Å²) < 4.78 is 21.6. The Morgan fingerprint density at radius 1 is 1.26 bits per heavy atom. The molecule has 0 bridgehead atoms. The number of hydrogen-bond donors (Lipinski definition) is 0. The first-order valence-corrected chi connectivity index (χ1v) is 9.68. The van der Waals surface area contributed by atoms with Gasteiger partial charge in [-0.15, -0.1) is 6.58 Å². The van der Waals surface area contributed by atoms with Gasteiger partial charge in [-0.3, -0.25) is 9.56 Å². The summed E-state index contributed by atoms with van der Waals surface area (Å²) in [5.74, 6) is 0. The SMILES string of the molecule is C=CCN=C(c1ccc(Cl)cc1)C(Cl)(Cl)P(=O)(OCC)OCC. The molecular formula is C15H19Cl3NO3P. The molecule has 0 heterocycles. The van der Waals surface area contributed by atoms with E-state index < -0.39 is 11.7 Å². The van der Waals surface area contributed by atoms with Crippen LogP contribution in [0.2, 0.25) is 5.02 Å². The van der Waals surface area contributed by atoms with Crippen LogP contribution in [0.5, 0.6) is 0 Å². The summed E-state index contributed by atoms with van der Waals surface area (Å²) in [5.41, 5.74) is 0.753. The first kappa shape index (κ1) is 20.7. The highest BCUT2D eigenvalue weighted by Crippen LogP contribution is 2.65. The monoisotopic (exact) mass is 397 g/mol. The minimum atomic E-state index is -3.86. The van der Waals surface area contributed by atoms with E-state index in [4.69, 9.17) is 43.9 Å². The van der Waals surface area contributed by atoms with E-state index in [0.717, 1.165) is 0 Å². The van der Waals surface area contributed by atoms with Crippen LogP contribution in [0.4, 0.5) is 0 Å². The van der Waals surface area contributed by atoms with Crippen LogP contribution in [0.1, 0.15) is 19.4 Å². The van der Waals surface area contributed by atoms with Crippen molar-refractivity contribution in [2.24, 2.45) is 4.99 Å². The largest absolute Gasteiger partial charge is 0.372 e. The maximum Gasteiger partial charge on any atom is 0.372 e. The van der Waals surface area contributed by atoms with E-state index in [1.165, 1.54) is 0 Å². The van der Waals surface area contributed by atoms with Gasteiger partial charge in [0.05, 0.1) is 25.5 Å². The summed E-state index contributed by atoms with van der Waals surface area (Å²) >= 11 is 18.8. The highest BCUT2D eigenvalue weighted by atomic mass is 35.5. The first-order chi connectivity index (χ1) is 10.8. The zero-order valence-corrected chi connectivity index (χ0v) is 16.1. The second-order valence-electron chi connectivity index (χ2n) is 4.36. The van der Waals surface area contributed by atoms with Crippen LogP contribution in [0, 0.1) is 0 Å². The Bertz CT molecular complexity index is 592. The molecule has 0 fully saturated rings. The molecule has 0 spiro atoms. The molecule has 23 heavy (non-hydrogen) atoms. The number of benzene rings is 1. The van der Waals surface area contributed by atoms with E-state index in [2.05, 4.69) is 11.6 Å². The van der Waals surface area contributed by atoms with Crippen LogP contribution >= 0.6 is 42.4 Å². The van der Waals surface area contributed by atoms with Crippen LogP contribution in [0.15, 0.2) is 41.9 Å². The lowest BCUT2D eigenvalue weighted by Gasteiger charge is -2.30. The van der Waals surface area contributed by atoms with Gasteiger partial charge in [-0.2, -0.15) is 0 Å². The summed E-state index contributed by atoms with van der Waals surface area (Å²) in [4.78, 5) is 4.30. The van der Waals surface area contributed by atoms with Gasteiger partial charge in [-0.1, -0.05) is 53.0 Å². The summed E-state index contributed by atoms with van der Waals surface area (Å²) in [7, 11) is -3.86. The van der Waals surface area contributed by atoms with Crippen molar-refractivity contribution in [1.29, 1.82) is 0 Å². The van der Waals surface area contributed by atoms with Crippen molar-refractivity contribution in [2.45, 2.75) is 17.9 Å². The van der Waals surface area contributed by atoms with Crippen molar-refractivity contribution in [3.63, 3.8) is 0 Å². The van der Waals surface area contributed by atoms with Crippen molar-refractivity contribution in [2.75, 3.05) is 19.8 Å². The van der Waals surface area contributed by atoms with E-state index in [-0.39, 0.29) is 25.5 Å². The van der Waals surface area contributed by atoms with Crippen molar-refractivity contribution in [3.05, 3.63) is 47.5 Å². The maximum absolute atomic E-state index is 13.0. The lowest BCUT2D eigenvalue weighted by atomic mass is 10.1. The van der Waals surface area contributed by atoms with Crippen molar-refractivity contribution >= 4 is 48.1 Å². The van der Waals surface area contributed by atoms with Gasteiger partial charge in [0, 0.05) is 5.02 Å². The molecule has 0 saturated carbocycles. The fourth-order valence-corrected chi connectivity index (χ4v) is 4.38. The quantitative estimate of drug-likeness (QED) is 0.231. The van der Waals surface area contributed by atoms with Gasteiger partial charge in [-0.25, -0.2) is 0 Å². The molecule has 0 amide bonds. The summed E-state index contributed by atoms with van der Waals surface area (Å²) in [6, 6.07) is 6.70. The number of alkyl halides is 2. The number of aliphatic imine (C=N–C) groups is 1. The van der Waals surface area contributed by atoms with Crippen LogP contribution in [-0.4, -0.2) is 29.5 Å². The van der Waals surface area contributed by atoms with Crippen molar-refractivity contribution in [3.8, 4) is 0 Å². The zero-order valence-electron chi connectivity index (χ0n) is 13.0. The predicted molar refractivity (Wildman–Crippen MR) is 98.3 cm³/mol. The molecule has 0 aliphatic rings. The number of rotatable bonds is 9. The van der Waals surface area contributed by atoms with Crippen LogP contribution in [0.25, 0.3) is 0 Å². The summed E-state index contributed by atoms with van der Waals surface area (Å²) in [5, 5.41) is 0.546. The normalized spacial score (nSPS) is 13.2. The highest BCUT2D eigenvalue weighted by molar-refractivity contribution is 7.61. The average molecular weight is 399 g/mol. The Morgan fingerprint density at radius 3 is 2.22 bits per heavy atom. The van der Waals surface area contributed by atoms with Gasteiger partial charge in [-0.05, 0) is 31.5 Å². The van der Waals surface area contributed by atoms with Gasteiger partial charge in [0.25, 0.3) is 4.07 Å². The lowest BCUT2D eigenvalue weighted by molar-refractivity contribution is 0.219. The van der Waals surface area contributed by atoms with Crippen molar-refractivity contribution < 1.29 is 13.6 Å². The molecule has 0 saturated heterocycles. The molecule has 1 aromatic carbocycles. The molecule has 0 aromatic heterocycles. The Morgan fingerprint density at radius 2 is 1.78 bits per heavy atom. The second kappa shape index (κ2) is 9.22. The third kappa shape index (κ3) is 5.06. The van der Waals surface area contributed by atoms with E-state index >= 15 is 0 Å². The van der Waals surface area contributed by atoms with Gasteiger partial charge in [0.1, 0.15) is 0 Å². The van der Waals surface area contributed by atoms with Gasteiger partial charge in [0.2, 0.25) is 0 Å². The van der Waals surface area contributed by atoms with Crippen LogP contribution in [-0.2, 0) is 13.6 Å². The summed E-state index contributed by atoms with van der Waals surface area (Å²) in [6.07, 6.45) is 1.58. The van der Waals surface area contributed by atoms with Crippen LogP contribution < -0.4 is 0 Å². The molecule has 1 rings (SSSR count). The van der Waals surface area contributed by atoms with E-state index in [9.17, 15) is 4.57 Å². The molecule has 128 valence electrons. The Balaban J connectivity index is 3.41. The summed E-state index contributed by atoms with van der Waals surface area (Å²) in [6.45, 7) is 7.48.